The summed E-state index contributed by atoms with van der Waals surface area (Å²) in [4.78, 5) is 15.3. The second-order valence-electron chi connectivity index (χ2n) is 17.6. The molecule has 3 heterocycles. The van der Waals surface area contributed by atoms with Gasteiger partial charge in [-0.05, 0) is 76.9 Å². The topological polar surface area (TPSA) is 48.5 Å². The average molecular weight is 882 g/mol. The molecule has 0 fully saturated rings. The second kappa shape index (κ2) is 16.6. The maximum atomic E-state index is 5.15. The van der Waals surface area contributed by atoms with E-state index < -0.39 is 5.41 Å². The Morgan fingerprint density at radius 1 is 0.246 bits per heavy atom. The van der Waals surface area contributed by atoms with Crippen LogP contribution >= 0.6 is 0 Å². The fraction of sp³-hybridized carbons (Fsp3) is 0.0156. The third-order valence-corrected chi connectivity index (χ3v) is 13.7. The zero-order valence-electron chi connectivity index (χ0n) is 37.6. The van der Waals surface area contributed by atoms with Gasteiger partial charge >= 0.3 is 0 Å². The Labute approximate surface area is 399 Å². The molecule has 0 aliphatic heterocycles. The molecular weight excluding hydrogens is 839 g/mol. The summed E-state index contributed by atoms with van der Waals surface area (Å²) in [6, 6.07) is 93.3. The first kappa shape index (κ1) is 40.1. The van der Waals surface area contributed by atoms with Crippen molar-refractivity contribution < 1.29 is 0 Å². The van der Waals surface area contributed by atoms with Gasteiger partial charge in [-0.1, -0.05) is 206 Å². The summed E-state index contributed by atoms with van der Waals surface area (Å²) in [6.45, 7) is 0. The van der Waals surface area contributed by atoms with E-state index in [0.29, 0.717) is 17.5 Å². The standard InChI is InChI=1S/C64H43N5/c1-7-22-44(23-8-1)61-65-62(45-24-9-2-10-25-45)67-63(66-61)46-26-21-35-52(40-46)69-58-39-38-50(64(47-27-11-3-12-28-47,48-29-13-4-14-30-48)49-31-15-5-16-32-49)41-54(58)56-42-55-53-36-19-20-37-57(53)68(59(55)43-60(56)69)51-33-17-6-18-34-51/h1-43H. The Morgan fingerprint density at radius 3 is 1.22 bits per heavy atom. The number of para-hydroxylation sites is 2. The highest BCUT2D eigenvalue weighted by Crippen LogP contribution is 2.48. The summed E-state index contributed by atoms with van der Waals surface area (Å²) in [6.07, 6.45) is 0. The number of hydrogen-bond donors (Lipinski definition) is 0. The normalized spacial score (nSPS) is 11.8. The Kier molecular flexibility index (Phi) is 9.65. The average Bonchev–Trinajstić information content (AvgIpc) is 3.93. The predicted molar refractivity (Wildman–Crippen MR) is 283 cm³/mol. The number of rotatable bonds is 9. The number of aromatic nitrogens is 5. The molecule has 0 saturated carbocycles. The predicted octanol–water partition coefficient (Wildman–Crippen LogP) is 15.4. The van der Waals surface area contributed by atoms with Crippen molar-refractivity contribution in [1.82, 2.24) is 24.1 Å². The molecule has 0 N–H and O–H groups in total. The molecule has 5 nitrogen and oxygen atoms in total. The van der Waals surface area contributed by atoms with Crippen molar-refractivity contribution in [3.8, 4) is 45.5 Å². The number of nitrogens with zero attached hydrogens (tertiary/aromatic N) is 5. The van der Waals surface area contributed by atoms with E-state index in [1.54, 1.807) is 0 Å². The van der Waals surface area contributed by atoms with Gasteiger partial charge in [-0.2, -0.15) is 0 Å². The van der Waals surface area contributed by atoms with Gasteiger partial charge < -0.3 is 9.13 Å². The van der Waals surface area contributed by atoms with Crippen LogP contribution in [0.1, 0.15) is 22.3 Å². The van der Waals surface area contributed by atoms with Gasteiger partial charge in [0.25, 0.3) is 0 Å². The van der Waals surface area contributed by atoms with Crippen LogP contribution in [0.5, 0.6) is 0 Å². The Hall–Kier alpha value is -9.19. The van der Waals surface area contributed by atoms with Crippen LogP contribution in [0.15, 0.2) is 261 Å². The van der Waals surface area contributed by atoms with E-state index >= 15 is 0 Å². The first-order valence-electron chi connectivity index (χ1n) is 23.4. The van der Waals surface area contributed by atoms with Crippen molar-refractivity contribution in [2.75, 3.05) is 0 Å². The van der Waals surface area contributed by atoms with Crippen LogP contribution < -0.4 is 0 Å². The maximum absolute atomic E-state index is 5.15. The summed E-state index contributed by atoms with van der Waals surface area (Å²) in [5.74, 6) is 1.87. The van der Waals surface area contributed by atoms with Crippen LogP contribution in [-0.2, 0) is 5.41 Å². The summed E-state index contributed by atoms with van der Waals surface area (Å²) < 4.78 is 4.83. The smallest absolute Gasteiger partial charge is 0.164 e. The van der Waals surface area contributed by atoms with Crippen molar-refractivity contribution in [3.05, 3.63) is 283 Å². The van der Waals surface area contributed by atoms with E-state index in [2.05, 4.69) is 209 Å². The monoisotopic (exact) mass is 881 g/mol. The van der Waals surface area contributed by atoms with Crippen LogP contribution in [0, 0.1) is 0 Å². The minimum Gasteiger partial charge on any atom is -0.309 e. The molecule has 0 atom stereocenters. The first-order chi connectivity index (χ1) is 34.2. The van der Waals surface area contributed by atoms with E-state index in [1.165, 1.54) is 43.9 Å². The third kappa shape index (κ3) is 6.66. The fourth-order valence-corrected chi connectivity index (χ4v) is 10.6. The van der Waals surface area contributed by atoms with Crippen LogP contribution in [0.3, 0.4) is 0 Å². The van der Waals surface area contributed by atoms with Crippen LogP contribution in [0.25, 0.3) is 89.2 Å². The molecule has 0 aliphatic rings. The van der Waals surface area contributed by atoms with E-state index in [1.807, 2.05) is 60.7 Å². The Morgan fingerprint density at radius 2 is 0.652 bits per heavy atom. The minimum absolute atomic E-state index is 0.609. The zero-order valence-corrected chi connectivity index (χ0v) is 37.6. The van der Waals surface area contributed by atoms with Gasteiger partial charge in [-0.15, -0.1) is 0 Å². The highest BCUT2D eigenvalue weighted by Gasteiger charge is 2.38. The Bertz CT molecular complexity index is 3820. The van der Waals surface area contributed by atoms with E-state index in [4.69, 9.17) is 15.0 Å². The zero-order chi connectivity index (χ0) is 45.7. The molecule has 0 unspecified atom stereocenters. The molecule has 10 aromatic carbocycles. The van der Waals surface area contributed by atoms with Gasteiger partial charge in [0.2, 0.25) is 0 Å². The molecule has 0 aliphatic carbocycles. The summed E-state index contributed by atoms with van der Waals surface area (Å²) >= 11 is 0. The first-order valence-corrected chi connectivity index (χ1v) is 23.4. The van der Waals surface area contributed by atoms with Crippen LogP contribution in [0.4, 0.5) is 0 Å². The van der Waals surface area contributed by atoms with Crippen molar-refractivity contribution in [2.24, 2.45) is 0 Å². The minimum atomic E-state index is -0.620. The van der Waals surface area contributed by atoms with Gasteiger partial charge in [0.15, 0.2) is 17.5 Å². The molecule has 13 aromatic rings. The van der Waals surface area contributed by atoms with Gasteiger partial charge in [-0.3, -0.25) is 0 Å². The second-order valence-corrected chi connectivity index (χ2v) is 17.6. The van der Waals surface area contributed by atoms with E-state index in [0.717, 1.165) is 50.0 Å². The van der Waals surface area contributed by atoms with Crippen molar-refractivity contribution in [1.29, 1.82) is 0 Å². The fourth-order valence-electron chi connectivity index (χ4n) is 10.6. The summed E-state index contributed by atoms with van der Waals surface area (Å²) in [5, 5.41) is 4.74. The molecule has 0 bridgehead atoms. The number of fused-ring (bicyclic) bond motifs is 6. The van der Waals surface area contributed by atoms with Crippen LogP contribution in [0.2, 0.25) is 0 Å². The van der Waals surface area contributed by atoms with Gasteiger partial charge in [0.1, 0.15) is 0 Å². The Balaban J connectivity index is 1.11. The molecular formula is C64H43N5. The van der Waals surface area contributed by atoms with E-state index in [9.17, 15) is 0 Å². The SMILES string of the molecule is c1ccc(-c2nc(-c3ccccc3)nc(-c3cccc(-n4c5ccc(C(c6ccccc6)(c6ccccc6)c6ccccc6)cc5c5cc6c7ccccc7n(-c7ccccc7)c6cc54)c3)n2)cc1. The third-order valence-electron chi connectivity index (χ3n) is 13.7. The van der Waals surface area contributed by atoms with Crippen LogP contribution in [-0.4, -0.2) is 24.1 Å². The molecule has 3 aromatic heterocycles. The largest absolute Gasteiger partial charge is 0.309 e. The lowest BCUT2D eigenvalue weighted by Crippen LogP contribution is -2.30. The molecule has 0 amide bonds. The highest BCUT2D eigenvalue weighted by molar-refractivity contribution is 6.19. The molecule has 69 heavy (non-hydrogen) atoms. The quantitative estimate of drug-likeness (QED) is 0.136. The number of benzene rings is 10. The molecule has 13 rings (SSSR count). The van der Waals surface area contributed by atoms with Crippen molar-refractivity contribution in [2.45, 2.75) is 5.41 Å². The number of hydrogen-bond acceptors (Lipinski definition) is 3. The molecule has 5 heteroatoms. The van der Waals surface area contributed by atoms with Crippen molar-refractivity contribution >= 4 is 43.6 Å². The van der Waals surface area contributed by atoms with Crippen molar-refractivity contribution in [3.63, 3.8) is 0 Å². The van der Waals surface area contributed by atoms with Gasteiger partial charge in [-0.25, -0.2) is 15.0 Å². The highest BCUT2D eigenvalue weighted by atomic mass is 15.0. The molecule has 0 radical (unpaired) electrons. The summed E-state index contributed by atoms with van der Waals surface area (Å²) in [7, 11) is 0. The lowest BCUT2D eigenvalue weighted by atomic mass is 9.65. The lowest BCUT2D eigenvalue weighted by Gasteiger charge is -2.37. The van der Waals surface area contributed by atoms with E-state index in [-0.39, 0.29) is 0 Å². The summed E-state index contributed by atoms with van der Waals surface area (Å²) in [5.41, 5.74) is 13.6. The maximum Gasteiger partial charge on any atom is 0.164 e. The molecule has 0 saturated heterocycles. The molecule has 0 spiro atoms. The van der Waals surface area contributed by atoms with Gasteiger partial charge in [0.05, 0.1) is 27.5 Å². The van der Waals surface area contributed by atoms with Gasteiger partial charge in [0, 0.05) is 49.6 Å². The molecule has 324 valence electrons. The lowest BCUT2D eigenvalue weighted by molar-refractivity contribution is 0.746.